The van der Waals surface area contributed by atoms with E-state index in [1.807, 2.05) is 4.57 Å². The van der Waals surface area contributed by atoms with Gasteiger partial charge in [0.25, 0.3) is 11.8 Å². The molecule has 0 saturated heterocycles. The van der Waals surface area contributed by atoms with Crippen molar-refractivity contribution in [3.8, 4) is 0 Å². The molecule has 1 aliphatic heterocycles. The molecule has 29 heavy (non-hydrogen) atoms. The van der Waals surface area contributed by atoms with Crippen LogP contribution in [0.25, 0.3) is 0 Å². The summed E-state index contributed by atoms with van der Waals surface area (Å²) in [7, 11) is 0. The Bertz CT molecular complexity index is 1070. The topological polar surface area (TPSA) is 80.1 Å². The van der Waals surface area contributed by atoms with Crippen molar-refractivity contribution in [2.45, 2.75) is 19.6 Å². The number of halogens is 2. The van der Waals surface area contributed by atoms with Gasteiger partial charge in [0.05, 0.1) is 12.1 Å². The largest absolute Gasteiger partial charge is 0.347 e. The molecule has 0 saturated carbocycles. The van der Waals surface area contributed by atoms with E-state index in [1.165, 1.54) is 17.0 Å². The van der Waals surface area contributed by atoms with Gasteiger partial charge in [0.2, 0.25) is 0 Å². The van der Waals surface area contributed by atoms with E-state index < -0.39 is 11.7 Å². The van der Waals surface area contributed by atoms with Crippen LogP contribution in [0.5, 0.6) is 0 Å². The van der Waals surface area contributed by atoms with Crippen LogP contribution in [0.2, 0.25) is 5.15 Å². The van der Waals surface area contributed by atoms with Crippen LogP contribution >= 0.6 is 11.6 Å². The molecular formula is C20H17ClFN5O2. The summed E-state index contributed by atoms with van der Waals surface area (Å²) in [5, 5.41) is 3.17. The summed E-state index contributed by atoms with van der Waals surface area (Å²) in [4.78, 5) is 34.9. The van der Waals surface area contributed by atoms with Gasteiger partial charge in [0.1, 0.15) is 22.5 Å². The summed E-state index contributed by atoms with van der Waals surface area (Å²) in [5.41, 5.74) is 1.11. The number of nitrogens with zero attached hydrogens (tertiary/aromatic N) is 4. The van der Waals surface area contributed by atoms with Crippen LogP contribution in [0.1, 0.15) is 32.2 Å². The number of amides is 2. The fourth-order valence-corrected chi connectivity index (χ4v) is 3.24. The van der Waals surface area contributed by atoms with Gasteiger partial charge in [0, 0.05) is 32.0 Å². The summed E-state index contributed by atoms with van der Waals surface area (Å²) in [6.07, 6.45) is 3.25. The molecule has 2 amide bonds. The summed E-state index contributed by atoms with van der Waals surface area (Å²) in [5.74, 6) is -0.685. The first-order valence-electron chi connectivity index (χ1n) is 9.00. The molecule has 3 heterocycles. The van der Waals surface area contributed by atoms with Gasteiger partial charge in [-0.05, 0) is 23.8 Å². The Kier molecular flexibility index (Phi) is 5.26. The Morgan fingerprint density at radius 2 is 2.00 bits per heavy atom. The van der Waals surface area contributed by atoms with Crippen LogP contribution in [-0.2, 0) is 19.6 Å². The lowest BCUT2D eigenvalue weighted by Gasteiger charge is -2.27. The van der Waals surface area contributed by atoms with Crippen molar-refractivity contribution < 1.29 is 14.0 Å². The zero-order chi connectivity index (χ0) is 20.4. The summed E-state index contributed by atoms with van der Waals surface area (Å²) in [6.45, 7) is 1.40. The average molecular weight is 414 g/mol. The average Bonchev–Trinajstić information content (AvgIpc) is 3.16. The molecule has 0 atom stereocenters. The van der Waals surface area contributed by atoms with Gasteiger partial charge in [-0.1, -0.05) is 29.8 Å². The number of rotatable bonds is 4. The van der Waals surface area contributed by atoms with Crippen molar-refractivity contribution in [2.75, 3.05) is 6.54 Å². The molecule has 1 aliphatic rings. The van der Waals surface area contributed by atoms with E-state index >= 15 is 0 Å². The van der Waals surface area contributed by atoms with E-state index in [4.69, 9.17) is 11.6 Å². The molecule has 2 aromatic heterocycles. The molecule has 1 aromatic carbocycles. The van der Waals surface area contributed by atoms with Crippen molar-refractivity contribution >= 4 is 23.4 Å². The van der Waals surface area contributed by atoms with E-state index in [2.05, 4.69) is 15.3 Å². The number of benzene rings is 1. The van der Waals surface area contributed by atoms with Crippen LogP contribution in [0.3, 0.4) is 0 Å². The lowest BCUT2D eigenvalue weighted by molar-refractivity contribution is 0.0702. The molecule has 0 spiro atoms. The molecule has 0 aliphatic carbocycles. The molecule has 0 unspecified atom stereocenters. The Hall–Kier alpha value is -3.26. The van der Waals surface area contributed by atoms with Crippen molar-refractivity contribution in [2.24, 2.45) is 0 Å². The summed E-state index contributed by atoms with van der Waals surface area (Å²) < 4.78 is 15.8. The monoisotopic (exact) mass is 413 g/mol. The first-order valence-corrected chi connectivity index (χ1v) is 9.37. The summed E-state index contributed by atoms with van der Waals surface area (Å²) in [6, 6.07) is 9.32. The molecule has 7 nitrogen and oxygen atoms in total. The van der Waals surface area contributed by atoms with E-state index in [1.54, 1.807) is 36.7 Å². The highest BCUT2D eigenvalue weighted by Gasteiger charge is 2.26. The van der Waals surface area contributed by atoms with Gasteiger partial charge in [-0.25, -0.2) is 14.4 Å². The maximum atomic E-state index is 13.9. The minimum atomic E-state index is -0.553. The molecule has 148 valence electrons. The SMILES string of the molecule is O=C(NCc1ccc(Cl)nc1)c1cn2c(n1)CN(C(=O)c1ccccc1F)CC2. The van der Waals surface area contributed by atoms with Crippen LogP contribution in [0, 0.1) is 5.82 Å². The molecule has 0 fully saturated rings. The van der Waals surface area contributed by atoms with E-state index in [0.29, 0.717) is 30.6 Å². The van der Waals surface area contributed by atoms with Crippen LogP contribution in [0.4, 0.5) is 4.39 Å². The quantitative estimate of drug-likeness (QED) is 0.667. The standard InChI is InChI=1S/C20H17ClFN5O2/c21-17-6-5-13(9-23-17)10-24-19(28)16-11-26-7-8-27(12-18(26)25-16)20(29)14-3-1-2-4-15(14)22/h1-6,9,11H,7-8,10,12H2,(H,24,28). The number of fused-ring (bicyclic) bond motifs is 1. The number of carbonyl (C=O) groups excluding carboxylic acids is 2. The van der Waals surface area contributed by atoms with Crippen molar-refractivity contribution in [3.05, 3.63) is 82.4 Å². The number of carbonyl (C=O) groups is 2. The third kappa shape index (κ3) is 4.12. The third-order valence-corrected chi connectivity index (χ3v) is 4.89. The molecule has 3 aromatic rings. The Morgan fingerprint density at radius 1 is 1.17 bits per heavy atom. The van der Waals surface area contributed by atoms with E-state index in [0.717, 1.165) is 5.56 Å². The van der Waals surface area contributed by atoms with Crippen LogP contribution in [-0.4, -0.2) is 37.8 Å². The predicted octanol–water partition coefficient (Wildman–Crippen LogP) is 2.66. The predicted molar refractivity (Wildman–Crippen MR) is 104 cm³/mol. The van der Waals surface area contributed by atoms with E-state index in [-0.39, 0.29) is 23.7 Å². The second-order valence-electron chi connectivity index (χ2n) is 6.61. The van der Waals surface area contributed by atoms with Gasteiger partial charge >= 0.3 is 0 Å². The van der Waals surface area contributed by atoms with E-state index in [9.17, 15) is 14.0 Å². The number of pyridine rings is 1. The Labute approximate surface area is 171 Å². The smallest absolute Gasteiger partial charge is 0.271 e. The fraction of sp³-hybridized carbons (Fsp3) is 0.200. The summed E-state index contributed by atoms with van der Waals surface area (Å²) >= 11 is 5.75. The number of hydrogen-bond donors (Lipinski definition) is 1. The second-order valence-corrected chi connectivity index (χ2v) is 7.00. The zero-order valence-corrected chi connectivity index (χ0v) is 16.1. The molecule has 1 N–H and O–H groups in total. The third-order valence-electron chi connectivity index (χ3n) is 4.67. The van der Waals surface area contributed by atoms with Gasteiger partial charge in [-0.15, -0.1) is 0 Å². The fourth-order valence-electron chi connectivity index (χ4n) is 3.12. The minimum Gasteiger partial charge on any atom is -0.347 e. The maximum Gasteiger partial charge on any atom is 0.271 e. The number of nitrogens with one attached hydrogen (secondary N) is 1. The number of hydrogen-bond acceptors (Lipinski definition) is 4. The van der Waals surface area contributed by atoms with Crippen LogP contribution in [0.15, 0.2) is 48.8 Å². The Balaban J connectivity index is 1.42. The Morgan fingerprint density at radius 3 is 2.76 bits per heavy atom. The number of aromatic nitrogens is 3. The zero-order valence-electron chi connectivity index (χ0n) is 15.3. The van der Waals surface area contributed by atoms with Gasteiger partial charge < -0.3 is 14.8 Å². The molecule has 0 bridgehead atoms. The molecule has 9 heteroatoms. The highest BCUT2D eigenvalue weighted by Crippen LogP contribution is 2.17. The molecular weight excluding hydrogens is 397 g/mol. The van der Waals surface area contributed by atoms with Crippen LogP contribution < -0.4 is 5.32 Å². The van der Waals surface area contributed by atoms with Crippen molar-refractivity contribution in [1.29, 1.82) is 0 Å². The van der Waals surface area contributed by atoms with Gasteiger partial charge in [0.15, 0.2) is 0 Å². The van der Waals surface area contributed by atoms with Crippen molar-refractivity contribution in [1.82, 2.24) is 24.8 Å². The molecule has 0 radical (unpaired) electrons. The van der Waals surface area contributed by atoms with Gasteiger partial charge in [-0.3, -0.25) is 9.59 Å². The normalized spacial score (nSPS) is 13.1. The maximum absolute atomic E-state index is 13.9. The highest BCUT2D eigenvalue weighted by molar-refractivity contribution is 6.29. The lowest BCUT2D eigenvalue weighted by Crippen LogP contribution is -2.38. The molecule has 4 rings (SSSR count). The minimum absolute atomic E-state index is 0.0297. The van der Waals surface area contributed by atoms with Gasteiger partial charge in [-0.2, -0.15) is 0 Å². The first-order chi connectivity index (χ1) is 14.0. The highest BCUT2D eigenvalue weighted by atomic mass is 35.5. The number of imidazole rings is 1. The lowest BCUT2D eigenvalue weighted by atomic mass is 10.1. The first kappa shape index (κ1) is 19.1. The second kappa shape index (κ2) is 8.00. The van der Waals surface area contributed by atoms with Crippen molar-refractivity contribution in [3.63, 3.8) is 0 Å².